The first-order valence-corrected chi connectivity index (χ1v) is 9.54. The lowest BCUT2D eigenvalue weighted by Gasteiger charge is -2.38. The summed E-state index contributed by atoms with van der Waals surface area (Å²) in [6.45, 7) is 2.54. The number of ether oxygens (including phenoxy) is 1. The van der Waals surface area contributed by atoms with Crippen LogP contribution in [0.25, 0.3) is 0 Å². The van der Waals surface area contributed by atoms with Crippen LogP contribution in [0.5, 0.6) is 0 Å². The molecular formula is C19H19F13O2. The number of aliphatic hydroxyl groups excluding tert-OH is 1. The lowest BCUT2D eigenvalue weighted by Crippen LogP contribution is -2.62. The Morgan fingerprint density at radius 2 is 1.09 bits per heavy atom. The van der Waals surface area contributed by atoms with E-state index in [-0.39, 0.29) is 31.0 Å². The first-order chi connectivity index (χ1) is 15.1. The van der Waals surface area contributed by atoms with Crippen molar-refractivity contribution < 1.29 is 66.9 Å². The molecule has 0 bridgehead atoms. The van der Waals surface area contributed by atoms with Crippen LogP contribution < -0.4 is 0 Å². The molecule has 0 spiro atoms. The van der Waals surface area contributed by atoms with Crippen LogP contribution in [0, 0.1) is 0 Å². The summed E-state index contributed by atoms with van der Waals surface area (Å²) in [5.41, 5.74) is -11.4. The highest BCUT2D eigenvalue weighted by Gasteiger charge is 2.76. The van der Waals surface area contributed by atoms with Gasteiger partial charge < -0.3 is 9.84 Å². The fourth-order valence-electron chi connectivity index (χ4n) is 3.06. The summed E-state index contributed by atoms with van der Waals surface area (Å²) in [5.74, 6) is 0. The molecule has 0 heterocycles. The van der Waals surface area contributed by atoms with Crippen LogP contribution >= 0.6 is 0 Å². The molecular weight excluding hydrogens is 507 g/mol. The lowest BCUT2D eigenvalue weighted by molar-refractivity contribution is -0.373. The summed E-state index contributed by atoms with van der Waals surface area (Å²) in [6.07, 6.45) is -34.3. The topological polar surface area (TPSA) is 29.5 Å². The summed E-state index contributed by atoms with van der Waals surface area (Å²) < 4.78 is 177. The van der Waals surface area contributed by atoms with E-state index in [1.54, 1.807) is 0 Å². The fourth-order valence-corrected chi connectivity index (χ4v) is 3.06. The molecule has 0 aromatic heterocycles. The Hall–Kier alpha value is -1.77. The van der Waals surface area contributed by atoms with Gasteiger partial charge in [-0.05, 0) is 36.6 Å². The van der Waals surface area contributed by atoms with E-state index in [1.165, 1.54) is 13.8 Å². The molecule has 2 unspecified atom stereocenters. The van der Waals surface area contributed by atoms with Crippen LogP contribution in [0.1, 0.15) is 55.9 Å². The molecule has 0 aliphatic heterocycles. The van der Waals surface area contributed by atoms with Crippen molar-refractivity contribution in [3.63, 3.8) is 0 Å². The smallest absolute Gasteiger partial charge is 0.388 e. The molecule has 0 aliphatic rings. The van der Waals surface area contributed by atoms with Gasteiger partial charge in [0, 0.05) is 6.42 Å². The monoisotopic (exact) mass is 526 g/mol. The van der Waals surface area contributed by atoms with Gasteiger partial charge in [0.1, 0.15) is 6.10 Å². The van der Waals surface area contributed by atoms with Gasteiger partial charge in [-0.2, -0.15) is 52.7 Å². The third-order valence-electron chi connectivity index (χ3n) is 4.97. The zero-order chi connectivity index (χ0) is 26.9. The third-order valence-corrected chi connectivity index (χ3v) is 4.97. The Kier molecular flexibility index (Phi) is 8.96. The average Bonchev–Trinajstić information content (AvgIpc) is 2.66. The van der Waals surface area contributed by atoms with Crippen molar-refractivity contribution in [3.8, 4) is 0 Å². The van der Waals surface area contributed by atoms with E-state index >= 15 is 0 Å². The number of hydrogen-bond acceptors (Lipinski definition) is 2. The summed E-state index contributed by atoms with van der Waals surface area (Å²) in [7, 11) is 0. The van der Waals surface area contributed by atoms with Crippen LogP contribution in [0.4, 0.5) is 57.1 Å². The summed E-state index contributed by atoms with van der Waals surface area (Å²) in [6, 6.07) is -0.538. The van der Waals surface area contributed by atoms with Gasteiger partial charge in [0.15, 0.2) is 0 Å². The number of aliphatic hydroxyl groups is 1. The lowest BCUT2D eigenvalue weighted by atomic mass is 9.89. The second-order valence-electron chi connectivity index (χ2n) is 7.36. The van der Waals surface area contributed by atoms with Crippen molar-refractivity contribution >= 4 is 0 Å². The van der Waals surface area contributed by atoms with Crippen LogP contribution in [-0.4, -0.2) is 35.3 Å². The van der Waals surface area contributed by atoms with Crippen molar-refractivity contribution in [2.45, 2.75) is 81.8 Å². The minimum atomic E-state index is -6.65. The number of alkyl halides is 13. The first-order valence-electron chi connectivity index (χ1n) is 9.54. The maximum absolute atomic E-state index is 14.7. The first kappa shape index (κ1) is 30.3. The highest BCUT2D eigenvalue weighted by Crippen LogP contribution is 2.51. The third kappa shape index (κ3) is 6.67. The van der Waals surface area contributed by atoms with Gasteiger partial charge in [0.25, 0.3) is 0 Å². The normalized spacial score (nSPS) is 16.1. The van der Waals surface area contributed by atoms with Gasteiger partial charge in [-0.3, -0.25) is 0 Å². The van der Waals surface area contributed by atoms with Crippen molar-refractivity contribution in [1.29, 1.82) is 0 Å². The molecule has 0 saturated carbocycles. The second kappa shape index (κ2) is 10.1. The van der Waals surface area contributed by atoms with Crippen LogP contribution in [-0.2, 0) is 17.1 Å². The SMILES string of the molecule is CCC(CC)OC(CC(O)c1cc(C(F)(F)F)cc(C(F)(F)F)c1)C(F)(C(F)(F)F)C(F)(F)F. The number of benzene rings is 1. The largest absolute Gasteiger partial charge is 0.434 e. The summed E-state index contributed by atoms with van der Waals surface area (Å²) in [5, 5.41) is 10.1. The molecule has 1 aromatic rings. The molecule has 2 atom stereocenters. The Morgan fingerprint density at radius 3 is 1.38 bits per heavy atom. The van der Waals surface area contributed by atoms with Crippen molar-refractivity contribution in [1.82, 2.24) is 0 Å². The highest BCUT2D eigenvalue weighted by atomic mass is 19.4. The van der Waals surface area contributed by atoms with Gasteiger partial charge >= 0.3 is 30.4 Å². The van der Waals surface area contributed by atoms with Crippen LogP contribution in [0.2, 0.25) is 0 Å². The zero-order valence-corrected chi connectivity index (χ0v) is 17.4. The van der Waals surface area contributed by atoms with E-state index in [9.17, 15) is 62.2 Å². The predicted octanol–water partition coefficient (Wildman–Crippen LogP) is 7.55. The molecule has 1 N–H and O–H groups in total. The van der Waals surface area contributed by atoms with Gasteiger partial charge in [0.2, 0.25) is 0 Å². The molecule has 1 aromatic carbocycles. The molecule has 0 fully saturated rings. The Morgan fingerprint density at radius 1 is 0.706 bits per heavy atom. The van der Waals surface area contributed by atoms with Crippen molar-refractivity contribution in [2.75, 3.05) is 0 Å². The van der Waals surface area contributed by atoms with E-state index < -0.39 is 71.8 Å². The molecule has 15 heteroatoms. The molecule has 198 valence electrons. The van der Waals surface area contributed by atoms with E-state index in [2.05, 4.69) is 4.74 Å². The number of rotatable bonds is 8. The fraction of sp³-hybridized carbons (Fsp3) is 0.684. The Labute approximate surface area is 184 Å². The molecule has 0 radical (unpaired) electrons. The summed E-state index contributed by atoms with van der Waals surface area (Å²) in [4.78, 5) is 0. The standard InChI is InChI=1S/C19H19F13O2/c1-3-12(4-2)34-14(15(20,18(27,28)29)19(30,31)32)8-13(33)9-5-10(16(21,22)23)7-11(6-9)17(24,25)26/h5-7,12-14,33H,3-4,8H2,1-2H3. The average molecular weight is 526 g/mol. The van der Waals surface area contributed by atoms with Crippen molar-refractivity contribution in [2.24, 2.45) is 0 Å². The van der Waals surface area contributed by atoms with Crippen molar-refractivity contribution in [3.05, 3.63) is 34.9 Å². The van der Waals surface area contributed by atoms with Gasteiger partial charge in [-0.15, -0.1) is 0 Å². The molecule has 0 aliphatic carbocycles. The van der Waals surface area contributed by atoms with Crippen LogP contribution in [0.15, 0.2) is 18.2 Å². The van der Waals surface area contributed by atoms with E-state index in [0.29, 0.717) is 0 Å². The van der Waals surface area contributed by atoms with E-state index in [0.717, 1.165) is 0 Å². The molecule has 34 heavy (non-hydrogen) atoms. The van der Waals surface area contributed by atoms with Crippen LogP contribution in [0.3, 0.4) is 0 Å². The van der Waals surface area contributed by atoms with E-state index in [1.807, 2.05) is 0 Å². The molecule has 0 amide bonds. The zero-order valence-electron chi connectivity index (χ0n) is 17.4. The predicted molar refractivity (Wildman–Crippen MR) is 91.2 cm³/mol. The number of halogens is 13. The summed E-state index contributed by atoms with van der Waals surface area (Å²) >= 11 is 0. The molecule has 1 rings (SSSR count). The Bertz CT molecular complexity index is 758. The molecule has 0 saturated heterocycles. The maximum Gasteiger partial charge on any atom is 0.434 e. The number of hydrogen-bond donors (Lipinski definition) is 1. The van der Waals surface area contributed by atoms with Gasteiger partial charge in [-0.1, -0.05) is 13.8 Å². The maximum atomic E-state index is 14.7. The highest BCUT2D eigenvalue weighted by molar-refractivity contribution is 5.35. The quantitative estimate of drug-likeness (QED) is 0.355. The Balaban J connectivity index is 3.63. The van der Waals surface area contributed by atoms with Gasteiger partial charge in [0.05, 0.1) is 23.3 Å². The van der Waals surface area contributed by atoms with E-state index in [4.69, 9.17) is 0 Å². The molecule has 2 nitrogen and oxygen atoms in total. The minimum Gasteiger partial charge on any atom is -0.388 e. The minimum absolute atomic E-state index is 0.0881. The second-order valence-corrected chi connectivity index (χ2v) is 7.36. The van der Waals surface area contributed by atoms with Gasteiger partial charge in [-0.25, -0.2) is 4.39 Å².